The van der Waals surface area contributed by atoms with Crippen molar-refractivity contribution < 1.29 is 14.3 Å². The number of halogens is 2. The third-order valence-electron chi connectivity index (χ3n) is 3.54. The number of aryl methyl sites for hydroxylation is 1. The number of carboxylic acid groups (broad SMARTS) is 1. The van der Waals surface area contributed by atoms with Gasteiger partial charge in [-0.15, -0.1) is 0 Å². The van der Waals surface area contributed by atoms with E-state index < -0.39 is 17.7 Å². The van der Waals surface area contributed by atoms with E-state index in [1.807, 2.05) is 31.2 Å². The number of hydrogen-bond acceptors (Lipinski definition) is 1. The lowest BCUT2D eigenvalue weighted by molar-refractivity contribution is -0.141. The Morgan fingerprint density at radius 2 is 1.95 bits per heavy atom. The first-order chi connectivity index (χ1) is 9.97. The molecule has 2 aromatic carbocycles. The Kier molecular flexibility index (Phi) is 4.97. The van der Waals surface area contributed by atoms with Crippen LogP contribution in [-0.4, -0.2) is 11.1 Å². The molecule has 110 valence electrons. The SMILES string of the molecule is Cc1ccccc1CC(Cc1ccc(F)c(Cl)c1)C(=O)O. The average Bonchev–Trinajstić information content (AvgIpc) is 2.44. The zero-order valence-electron chi connectivity index (χ0n) is 11.6. The second kappa shape index (κ2) is 6.72. The van der Waals surface area contributed by atoms with Crippen molar-refractivity contribution >= 4 is 17.6 Å². The van der Waals surface area contributed by atoms with Crippen LogP contribution in [0.3, 0.4) is 0 Å². The van der Waals surface area contributed by atoms with Crippen LogP contribution in [0.5, 0.6) is 0 Å². The quantitative estimate of drug-likeness (QED) is 0.895. The van der Waals surface area contributed by atoms with E-state index >= 15 is 0 Å². The summed E-state index contributed by atoms with van der Waals surface area (Å²) in [6.45, 7) is 1.96. The van der Waals surface area contributed by atoms with Crippen molar-refractivity contribution in [2.75, 3.05) is 0 Å². The van der Waals surface area contributed by atoms with Crippen LogP contribution in [0.2, 0.25) is 5.02 Å². The van der Waals surface area contributed by atoms with Crippen molar-refractivity contribution in [1.82, 2.24) is 0 Å². The Morgan fingerprint density at radius 1 is 1.24 bits per heavy atom. The molecular formula is C17H16ClFO2. The average molecular weight is 307 g/mol. The second-order valence-corrected chi connectivity index (χ2v) is 5.53. The summed E-state index contributed by atoms with van der Waals surface area (Å²) in [4.78, 5) is 11.5. The van der Waals surface area contributed by atoms with Crippen molar-refractivity contribution in [2.45, 2.75) is 19.8 Å². The first-order valence-electron chi connectivity index (χ1n) is 6.68. The molecule has 2 aromatic rings. The van der Waals surface area contributed by atoms with Crippen molar-refractivity contribution in [2.24, 2.45) is 5.92 Å². The lowest BCUT2D eigenvalue weighted by Gasteiger charge is -2.14. The molecule has 0 amide bonds. The van der Waals surface area contributed by atoms with E-state index in [1.165, 1.54) is 12.1 Å². The Morgan fingerprint density at radius 3 is 2.57 bits per heavy atom. The van der Waals surface area contributed by atoms with Crippen LogP contribution in [0.1, 0.15) is 16.7 Å². The van der Waals surface area contributed by atoms with Crippen LogP contribution in [-0.2, 0) is 17.6 Å². The van der Waals surface area contributed by atoms with Gasteiger partial charge >= 0.3 is 5.97 Å². The van der Waals surface area contributed by atoms with Gasteiger partial charge in [-0.1, -0.05) is 41.9 Å². The number of carboxylic acids is 1. The molecule has 0 aliphatic heterocycles. The monoisotopic (exact) mass is 306 g/mol. The molecule has 0 aliphatic rings. The number of aliphatic carboxylic acids is 1. The van der Waals surface area contributed by atoms with Crippen LogP contribution in [0.25, 0.3) is 0 Å². The molecule has 0 aromatic heterocycles. The van der Waals surface area contributed by atoms with Gasteiger partial charge in [-0.3, -0.25) is 4.79 Å². The summed E-state index contributed by atoms with van der Waals surface area (Å²) >= 11 is 5.74. The van der Waals surface area contributed by atoms with E-state index in [1.54, 1.807) is 6.07 Å². The van der Waals surface area contributed by atoms with E-state index in [0.717, 1.165) is 16.7 Å². The molecule has 2 rings (SSSR count). The zero-order valence-corrected chi connectivity index (χ0v) is 12.4. The third-order valence-corrected chi connectivity index (χ3v) is 3.83. The topological polar surface area (TPSA) is 37.3 Å². The van der Waals surface area contributed by atoms with Gasteiger partial charge in [-0.25, -0.2) is 4.39 Å². The Hall–Kier alpha value is -1.87. The Balaban J connectivity index is 2.18. The van der Waals surface area contributed by atoms with E-state index in [4.69, 9.17) is 11.6 Å². The molecule has 0 fully saturated rings. The smallest absolute Gasteiger partial charge is 0.307 e. The van der Waals surface area contributed by atoms with Crippen molar-refractivity contribution in [1.29, 1.82) is 0 Å². The largest absolute Gasteiger partial charge is 0.481 e. The summed E-state index contributed by atoms with van der Waals surface area (Å²) in [6, 6.07) is 12.1. The molecule has 0 saturated heterocycles. The van der Waals surface area contributed by atoms with Crippen molar-refractivity contribution in [3.05, 3.63) is 70.0 Å². The van der Waals surface area contributed by atoms with Crippen LogP contribution < -0.4 is 0 Å². The van der Waals surface area contributed by atoms with E-state index in [0.29, 0.717) is 12.8 Å². The zero-order chi connectivity index (χ0) is 15.4. The highest BCUT2D eigenvalue weighted by molar-refractivity contribution is 6.30. The minimum absolute atomic E-state index is 0.0209. The number of rotatable bonds is 5. The first-order valence-corrected chi connectivity index (χ1v) is 7.06. The minimum atomic E-state index is -0.862. The summed E-state index contributed by atoms with van der Waals surface area (Å²) in [5, 5.41) is 9.42. The summed E-state index contributed by atoms with van der Waals surface area (Å²) in [5.41, 5.74) is 2.81. The van der Waals surface area contributed by atoms with Gasteiger partial charge in [0, 0.05) is 0 Å². The maximum atomic E-state index is 13.1. The fraction of sp³-hybridized carbons (Fsp3) is 0.235. The van der Waals surface area contributed by atoms with Gasteiger partial charge in [0.15, 0.2) is 0 Å². The molecule has 0 spiro atoms. The van der Waals surface area contributed by atoms with Crippen LogP contribution in [0, 0.1) is 18.7 Å². The molecule has 0 heterocycles. The number of benzene rings is 2. The molecule has 0 saturated carbocycles. The van der Waals surface area contributed by atoms with Crippen LogP contribution >= 0.6 is 11.6 Å². The fourth-order valence-corrected chi connectivity index (χ4v) is 2.51. The molecule has 0 aliphatic carbocycles. The molecule has 4 heteroatoms. The highest BCUT2D eigenvalue weighted by Gasteiger charge is 2.20. The van der Waals surface area contributed by atoms with Gasteiger partial charge in [0.25, 0.3) is 0 Å². The maximum Gasteiger partial charge on any atom is 0.307 e. The predicted octanol–water partition coefficient (Wildman–Crippen LogP) is 4.27. The molecule has 21 heavy (non-hydrogen) atoms. The molecule has 2 nitrogen and oxygen atoms in total. The molecule has 0 radical (unpaired) electrons. The second-order valence-electron chi connectivity index (χ2n) is 5.12. The highest BCUT2D eigenvalue weighted by Crippen LogP contribution is 2.21. The molecular weight excluding hydrogens is 291 g/mol. The number of hydrogen-bond donors (Lipinski definition) is 1. The summed E-state index contributed by atoms with van der Waals surface area (Å²) in [7, 11) is 0. The van der Waals surface area contributed by atoms with E-state index in [-0.39, 0.29) is 5.02 Å². The summed E-state index contributed by atoms with van der Waals surface area (Å²) in [5.74, 6) is -1.92. The first kappa shape index (κ1) is 15.5. The Labute approximate surface area is 128 Å². The summed E-state index contributed by atoms with van der Waals surface area (Å²) < 4.78 is 13.1. The van der Waals surface area contributed by atoms with Gasteiger partial charge in [-0.2, -0.15) is 0 Å². The van der Waals surface area contributed by atoms with Gasteiger partial charge in [0.05, 0.1) is 10.9 Å². The van der Waals surface area contributed by atoms with Crippen molar-refractivity contribution in [3.8, 4) is 0 Å². The molecule has 0 bridgehead atoms. The van der Waals surface area contributed by atoms with Crippen LogP contribution in [0.15, 0.2) is 42.5 Å². The summed E-state index contributed by atoms with van der Waals surface area (Å²) in [6.07, 6.45) is 0.765. The number of carbonyl (C=O) groups is 1. The lowest BCUT2D eigenvalue weighted by atomic mass is 9.91. The Bertz CT molecular complexity index is 655. The standard InChI is InChI=1S/C17H16ClFO2/c1-11-4-2-3-5-13(11)10-14(17(20)21)8-12-6-7-16(19)15(18)9-12/h2-7,9,14H,8,10H2,1H3,(H,20,21). The van der Waals surface area contributed by atoms with Crippen LogP contribution in [0.4, 0.5) is 4.39 Å². The van der Waals surface area contributed by atoms with Gasteiger partial charge in [0.2, 0.25) is 0 Å². The fourth-order valence-electron chi connectivity index (χ4n) is 2.30. The molecule has 1 atom stereocenters. The molecule has 1 unspecified atom stereocenters. The normalized spacial score (nSPS) is 12.1. The van der Waals surface area contributed by atoms with Crippen molar-refractivity contribution in [3.63, 3.8) is 0 Å². The maximum absolute atomic E-state index is 13.1. The predicted molar refractivity (Wildman–Crippen MR) is 81.1 cm³/mol. The lowest BCUT2D eigenvalue weighted by Crippen LogP contribution is -2.19. The van der Waals surface area contributed by atoms with E-state index in [9.17, 15) is 14.3 Å². The van der Waals surface area contributed by atoms with E-state index in [2.05, 4.69) is 0 Å². The van der Waals surface area contributed by atoms with Gasteiger partial charge in [-0.05, 0) is 48.6 Å². The third kappa shape index (κ3) is 4.05. The minimum Gasteiger partial charge on any atom is -0.481 e. The highest BCUT2D eigenvalue weighted by atomic mass is 35.5. The van der Waals surface area contributed by atoms with Gasteiger partial charge in [0.1, 0.15) is 5.82 Å². The molecule has 1 N–H and O–H groups in total. The van der Waals surface area contributed by atoms with Gasteiger partial charge < -0.3 is 5.11 Å².